The summed E-state index contributed by atoms with van der Waals surface area (Å²) < 4.78 is 0. The van der Waals surface area contributed by atoms with E-state index in [4.69, 9.17) is 12.2 Å². The molecule has 0 saturated carbocycles. The van der Waals surface area contributed by atoms with E-state index < -0.39 is 11.6 Å². The van der Waals surface area contributed by atoms with Crippen molar-refractivity contribution in [1.29, 1.82) is 0 Å². The van der Waals surface area contributed by atoms with Gasteiger partial charge in [0.1, 0.15) is 5.54 Å². The second-order valence-corrected chi connectivity index (χ2v) is 6.01. The maximum absolute atomic E-state index is 11.9. The van der Waals surface area contributed by atoms with Gasteiger partial charge >= 0.3 is 6.03 Å². The van der Waals surface area contributed by atoms with Crippen LogP contribution >= 0.6 is 12.2 Å². The summed E-state index contributed by atoms with van der Waals surface area (Å²) >= 11 is 5.42. The first-order valence-electron chi connectivity index (χ1n) is 7.29. The van der Waals surface area contributed by atoms with Gasteiger partial charge in [-0.05, 0) is 30.6 Å². The number of carbonyl (C=O) groups is 2. The number of likely N-dealkylation sites (tertiary alicyclic amines) is 1. The number of benzene rings is 1. The lowest BCUT2D eigenvalue weighted by atomic mass is 9.88. The Balaban J connectivity index is 1.52. The number of rotatable bonds is 2. The number of urea groups is 1. The summed E-state index contributed by atoms with van der Waals surface area (Å²) in [6.07, 6.45) is 1.13. The minimum atomic E-state index is -0.747. The fraction of sp³-hybridized carbons (Fsp3) is 0.400. The van der Waals surface area contributed by atoms with Crippen LogP contribution in [0.15, 0.2) is 30.3 Å². The molecule has 0 aromatic heterocycles. The van der Waals surface area contributed by atoms with E-state index in [-0.39, 0.29) is 5.91 Å². The van der Waals surface area contributed by atoms with Crippen molar-refractivity contribution in [2.75, 3.05) is 13.1 Å². The quantitative estimate of drug-likeness (QED) is 0.554. The Morgan fingerprint density at radius 1 is 1.23 bits per heavy atom. The molecule has 0 radical (unpaired) electrons. The zero-order chi connectivity index (χ0) is 15.6. The Morgan fingerprint density at radius 3 is 2.50 bits per heavy atom. The van der Waals surface area contributed by atoms with Crippen molar-refractivity contribution in [2.24, 2.45) is 0 Å². The fourth-order valence-corrected chi connectivity index (χ4v) is 3.11. The topological polar surface area (TPSA) is 73.5 Å². The van der Waals surface area contributed by atoms with E-state index in [0.29, 0.717) is 37.6 Å². The van der Waals surface area contributed by atoms with Crippen LogP contribution in [0.3, 0.4) is 0 Å². The van der Waals surface area contributed by atoms with Crippen molar-refractivity contribution in [1.82, 2.24) is 20.9 Å². The van der Waals surface area contributed by atoms with E-state index in [1.807, 2.05) is 35.2 Å². The Morgan fingerprint density at radius 2 is 1.91 bits per heavy atom. The highest BCUT2D eigenvalue weighted by Crippen LogP contribution is 2.25. The third kappa shape index (κ3) is 2.89. The molecule has 2 heterocycles. The summed E-state index contributed by atoms with van der Waals surface area (Å²) in [7, 11) is 0. The van der Waals surface area contributed by atoms with Crippen LogP contribution in [-0.4, -0.2) is 40.6 Å². The van der Waals surface area contributed by atoms with Gasteiger partial charge in [-0.1, -0.05) is 30.3 Å². The highest BCUT2D eigenvalue weighted by molar-refractivity contribution is 7.80. The van der Waals surface area contributed by atoms with Crippen LogP contribution in [0.1, 0.15) is 18.4 Å². The van der Waals surface area contributed by atoms with Crippen LogP contribution in [0.5, 0.6) is 0 Å². The summed E-state index contributed by atoms with van der Waals surface area (Å²) in [6, 6.07) is 9.65. The number of nitrogens with one attached hydrogen (secondary N) is 3. The number of amides is 3. The van der Waals surface area contributed by atoms with E-state index in [9.17, 15) is 9.59 Å². The van der Waals surface area contributed by atoms with Crippen LogP contribution < -0.4 is 16.0 Å². The molecule has 2 aliphatic heterocycles. The lowest BCUT2D eigenvalue weighted by Crippen LogP contribution is -2.56. The number of hydrogen-bond donors (Lipinski definition) is 3. The molecule has 6 nitrogen and oxygen atoms in total. The van der Waals surface area contributed by atoms with Gasteiger partial charge in [-0.25, -0.2) is 4.79 Å². The maximum Gasteiger partial charge on any atom is 0.322 e. The predicted molar refractivity (Wildman–Crippen MR) is 86.1 cm³/mol. The minimum absolute atomic E-state index is 0.222. The molecule has 0 atom stereocenters. The van der Waals surface area contributed by atoms with Gasteiger partial charge in [0.2, 0.25) is 0 Å². The third-order valence-electron chi connectivity index (χ3n) is 4.21. The Kier molecular flexibility index (Phi) is 3.98. The molecular formula is C15H18N4O2S. The summed E-state index contributed by atoms with van der Waals surface area (Å²) in [6.45, 7) is 1.97. The Hall–Kier alpha value is -2.15. The van der Waals surface area contributed by atoms with Crippen LogP contribution in [0.25, 0.3) is 0 Å². The van der Waals surface area contributed by atoms with Crippen LogP contribution in [0.2, 0.25) is 0 Å². The first kappa shape index (κ1) is 14.8. The second kappa shape index (κ2) is 5.92. The van der Waals surface area contributed by atoms with E-state index in [1.54, 1.807) is 0 Å². The monoisotopic (exact) mass is 318 g/mol. The lowest BCUT2D eigenvalue weighted by molar-refractivity contribution is -0.125. The van der Waals surface area contributed by atoms with E-state index in [1.165, 1.54) is 5.56 Å². The van der Waals surface area contributed by atoms with Gasteiger partial charge in [0, 0.05) is 19.6 Å². The smallest absolute Gasteiger partial charge is 0.322 e. The molecule has 22 heavy (non-hydrogen) atoms. The predicted octanol–water partition coefficient (Wildman–Crippen LogP) is 0.735. The summed E-state index contributed by atoms with van der Waals surface area (Å²) in [5, 5.41) is 8.98. The minimum Gasteiger partial charge on any atom is -0.358 e. The van der Waals surface area contributed by atoms with Gasteiger partial charge in [0.05, 0.1) is 0 Å². The van der Waals surface area contributed by atoms with Gasteiger partial charge in [-0.2, -0.15) is 0 Å². The first-order valence-corrected chi connectivity index (χ1v) is 7.70. The number of nitrogens with zero attached hydrogens (tertiary/aromatic N) is 1. The molecule has 7 heteroatoms. The molecule has 0 bridgehead atoms. The summed E-state index contributed by atoms with van der Waals surface area (Å²) in [5.41, 5.74) is 0.420. The Bertz CT molecular complexity index is 597. The molecule has 2 saturated heterocycles. The van der Waals surface area contributed by atoms with Gasteiger partial charge in [-0.15, -0.1) is 0 Å². The fourth-order valence-electron chi connectivity index (χ4n) is 2.86. The molecule has 3 amide bonds. The molecule has 2 fully saturated rings. The van der Waals surface area contributed by atoms with Crippen molar-refractivity contribution in [3.8, 4) is 0 Å². The van der Waals surface area contributed by atoms with E-state index in [0.717, 1.165) is 0 Å². The van der Waals surface area contributed by atoms with Crippen molar-refractivity contribution in [3.63, 3.8) is 0 Å². The van der Waals surface area contributed by atoms with Gasteiger partial charge in [0.25, 0.3) is 5.91 Å². The van der Waals surface area contributed by atoms with Gasteiger partial charge in [0.15, 0.2) is 5.11 Å². The van der Waals surface area contributed by atoms with Gasteiger partial charge in [-0.3, -0.25) is 10.1 Å². The molecule has 0 unspecified atom stereocenters. The van der Waals surface area contributed by atoms with E-state index in [2.05, 4.69) is 16.0 Å². The summed E-state index contributed by atoms with van der Waals surface area (Å²) in [5.74, 6) is -0.222. The molecule has 116 valence electrons. The standard InChI is InChI=1S/C15H18N4O2S/c20-12-15(18-13(21)17-12)6-8-19(9-7-15)14(22)16-10-11-4-2-1-3-5-11/h1-5H,6-10H2,(H,16,22)(H2,17,18,20,21). The Labute approximate surface area is 134 Å². The highest BCUT2D eigenvalue weighted by atomic mass is 32.1. The lowest BCUT2D eigenvalue weighted by Gasteiger charge is -2.38. The molecule has 1 aromatic carbocycles. The largest absolute Gasteiger partial charge is 0.358 e. The normalized spacial score (nSPS) is 19.7. The molecule has 3 N–H and O–H groups in total. The zero-order valence-electron chi connectivity index (χ0n) is 12.1. The number of thiocarbonyl (C=S) groups is 1. The molecule has 2 aliphatic rings. The molecule has 1 aromatic rings. The summed E-state index contributed by atoms with van der Waals surface area (Å²) in [4.78, 5) is 25.2. The number of carbonyl (C=O) groups excluding carboxylic acids is 2. The van der Waals surface area contributed by atoms with Gasteiger partial charge < -0.3 is 15.5 Å². The van der Waals surface area contributed by atoms with Crippen molar-refractivity contribution >= 4 is 29.3 Å². The van der Waals surface area contributed by atoms with Crippen LogP contribution in [0.4, 0.5) is 4.79 Å². The maximum atomic E-state index is 11.9. The molecule has 3 rings (SSSR count). The average Bonchev–Trinajstić information content (AvgIpc) is 2.80. The number of piperidine rings is 1. The molecule has 1 spiro atoms. The second-order valence-electron chi connectivity index (χ2n) is 5.62. The van der Waals surface area contributed by atoms with E-state index >= 15 is 0 Å². The molecular weight excluding hydrogens is 300 g/mol. The van der Waals surface area contributed by atoms with Crippen LogP contribution in [-0.2, 0) is 11.3 Å². The number of imide groups is 1. The SMILES string of the molecule is O=C1NC(=O)C2(CCN(C(=S)NCc3ccccc3)CC2)N1. The third-order valence-corrected chi connectivity index (χ3v) is 4.61. The average molecular weight is 318 g/mol. The zero-order valence-corrected chi connectivity index (χ0v) is 12.9. The van der Waals surface area contributed by atoms with Crippen molar-refractivity contribution in [2.45, 2.75) is 24.9 Å². The first-order chi connectivity index (χ1) is 10.6. The molecule has 0 aliphatic carbocycles. The van der Waals surface area contributed by atoms with Crippen molar-refractivity contribution < 1.29 is 9.59 Å². The van der Waals surface area contributed by atoms with Crippen LogP contribution in [0, 0.1) is 0 Å². The van der Waals surface area contributed by atoms with Crippen molar-refractivity contribution in [3.05, 3.63) is 35.9 Å². The number of hydrogen-bond acceptors (Lipinski definition) is 3. The highest BCUT2D eigenvalue weighted by Gasteiger charge is 2.48.